The van der Waals surface area contributed by atoms with Crippen LogP contribution in [0.25, 0.3) is 0 Å². The van der Waals surface area contributed by atoms with Crippen LogP contribution >= 0.6 is 0 Å². The van der Waals surface area contributed by atoms with Gasteiger partial charge < -0.3 is 10.4 Å². The van der Waals surface area contributed by atoms with Crippen LogP contribution in [0.5, 0.6) is 0 Å². The summed E-state index contributed by atoms with van der Waals surface area (Å²) >= 11 is 0. The van der Waals surface area contributed by atoms with Crippen molar-refractivity contribution in [2.75, 3.05) is 5.75 Å². The largest absolute Gasteiger partial charge is 0.480 e. The second-order valence-corrected chi connectivity index (χ2v) is 9.40. The van der Waals surface area contributed by atoms with Gasteiger partial charge in [0.25, 0.3) is 10.1 Å². The Morgan fingerprint density at radius 2 is 1.14 bits per heavy atom. The van der Waals surface area contributed by atoms with Crippen LogP contribution < -0.4 is 5.32 Å². The van der Waals surface area contributed by atoms with E-state index in [1.54, 1.807) is 0 Å². The molecule has 0 aromatic carbocycles. The highest BCUT2D eigenvalue weighted by atomic mass is 32.2. The minimum Gasteiger partial charge on any atom is -0.480 e. The summed E-state index contributed by atoms with van der Waals surface area (Å²) in [5, 5.41) is 11.0. The van der Waals surface area contributed by atoms with Crippen LogP contribution in [-0.4, -0.2) is 41.7 Å². The molecule has 0 spiro atoms. The molecule has 0 rings (SSSR count). The van der Waals surface area contributed by atoms with Crippen molar-refractivity contribution in [1.29, 1.82) is 0 Å². The van der Waals surface area contributed by atoms with Gasteiger partial charge in [0.1, 0.15) is 11.8 Å². The molecule has 0 fully saturated rings. The van der Waals surface area contributed by atoms with Gasteiger partial charge in [-0.05, 0) is 6.42 Å². The summed E-state index contributed by atoms with van der Waals surface area (Å²) in [6.07, 6.45) is 18.4. The Balaban J connectivity index is 3.51. The van der Waals surface area contributed by atoms with E-state index in [0.29, 0.717) is 6.42 Å². The van der Waals surface area contributed by atoms with E-state index >= 15 is 0 Å². The number of carboxylic acid groups (broad SMARTS) is 1. The van der Waals surface area contributed by atoms with Crippen LogP contribution in [0.4, 0.5) is 0 Å². The number of carboxylic acids is 1. The number of amides is 1. The Kier molecular flexibility index (Phi) is 17.0. The molecule has 0 saturated heterocycles. The molecule has 0 aliphatic heterocycles. The number of unbranched alkanes of at least 4 members (excludes halogenated alkanes) is 14. The molecule has 0 aromatic heterocycles. The van der Waals surface area contributed by atoms with Gasteiger partial charge in [0.05, 0.1) is 0 Å². The van der Waals surface area contributed by atoms with Crippen LogP contribution in [0.15, 0.2) is 0 Å². The fraction of sp³-hybridized carbons (Fsp3) is 0.905. The van der Waals surface area contributed by atoms with E-state index in [4.69, 9.17) is 9.66 Å². The van der Waals surface area contributed by atoms with Crippen LogP contribution in [-0.2, 0) is 19.7 Å². The number of rotatable bonds is 20. The first kappa shape index (κ1) is 27.8. The summed E-state index contributed by atoms with van der Waals surface area (Å²) in [6, 6.07) is -1.62. The average Bonchev–Trinajstić information content (AvgIpc) is 2.63. The highest BCUT2D eigenvalue weighted by Crippen LogP contribution is 2.13. The van der Waals surface area contributed by atoms with Gasteiger partial charge in [-0.2, -0.15) is 8.42 Å². The van der Waals surface area contributed by atoms with E-state index in [2.05, 4.69) is 12.2 Å². The van der Waals surface area contributed by atoms with Gasteiger partial charge in [-0.3, -0.25) is 9.35 Å². The fourth-order valence-electron chi connectivity index (χ4n) is 3.31. The minimum absolute atomic E-state index is 0.160. The number of carbonyl (C=O) groups is 2. The molecule has 29 heavy (non-hydrogen) atoms. The summed E-state index contributed by atoms with van der Waals surface area (Å²) in [7, 11) is -4.46. The van der Waals surface area contributed by atoms with Crippen molar-refractivity contribution in [1.82, 2.24) is 5.32 Å². The standard InChI is InChI=1S/C21H41NO6S/c1-2-3-4-5-6-7-8-9-10-11-12-13-14-15-16-17-20(23)22-19(21(24)25)18-29(26,27)28/h19H,2-18H2,1H3,(H,22,23)(H,24,25)(H,26,27,28)/t19-/m1/s1. The van der Waals surface area contributed by atoms with Gasteiger partial charge in [0.2, 0.25) is 5.91 Å². The number of aliphatic carboxylic acids is 1. The van der Waals surface area contributed by atoms with E-state index < -0.39 is 33.8 Å². The first-order chi connectivity index (χ1) is 13.8. The summed E-state index contributed by atoms with van der Waals surface area (Å²) in [5.41, 5.74) is 0. The quantitative estimate of drug-likeness (QED) is 0.188. The van der Waals surface area contributed by atoms with Crippen LogP contribution in [0.3, 0.4) is 0 Å². The smallest absolute Gasteiger partial charge is 0.327 e. The summed E-state index contributed by atoms with van der Waals surface area (Å²) in [6.45, 7) is 2.24. The normalized spacial score (nSPS) is 12.6. The number of hydrogen-bond acceptors (Lipinski definition) is 4. The van der Waals surface area contributed by atoms with Gasteiger partial charge in [-0.1, -0.05) is 96.8 Å². The number of carbonyl (C=O) groups excluding carboxylic acids is 1. The maximum absolute atomic E-state index is 11.7. The van der Waals surface area contributed by atoms with Crippen LogP contribution in [0.1, 0.15) is 110 Å². The lowest BCUT2D eigenvalue weighted by Crippen LogP contribution is -2.45. The molecule has 0 aromatic rings. The Hall–Kier alpha value is -1.15. The summed E-state index contributed by atoms with van der Waals surface area (Å²) < 4.78 is 30.3. The summed E-state index contributed by atoms with van der Waals surface area (Å²) in [4.78, 5) is 22.7. The van der Waals surface area contributed by atoms with Crippen molar-refractivity contribution in [3.8, 4) is 0 Å². The molecule has 0 bridgehead atoms. The van der Waals surface area contributed by atoms with Crippen molar-refractivity contribution in [2.24, 2.45) is 0 Å². The second kappa shape index (κ2) is 17.7. The van der Waals surface area contributed by atoms with Gasteiger partial charge in [0, 0.05) is 6.42 Å². The third-order valence-electron chi connectivity index (χ3n) is 5.02. The van der Waals surface area contributed by atoms with Gasteiger partial charge >= 0.3 is 5.97 Å². The molecule has 3 N–H and O–H groups in total. The van der Waals surface area contributed by atoms with E-state index in [1.165, 1.54) is 70.6 Å². The van der Waals surface area contributed by atoms with Gasteiger partial charge in [-0.25, -0.2) is 4.79 Å². The SMILES string of the molecule is CCCCCCCCCCCCCCCCCC(=O)N[C@H](CS(=O)(=O)O)C(=O)O. The zero-order valence-corrected chi connectivity index (χ0v) is 18.9. The third kappa shape index (κ3) is 19.9. The van der Waals surface area contributed by atoms with Crippen molar-refractivity contribution < 1.29 is 27.7 Å². The van der Waals surface area contributed by atoms with E-state index in [1.807, 2.05) is 0 Å². The molecular weight excluding hydrogens is 394 g/mol. The Labute approximate surface area is 176 Å². The molecule has 0 heterocycles. The molecule has 0 saturated carbocycles. The number of hydrogen-bond donors (Lipinski definition) is 3. The molecule has 0 aliphatic rings. The Bertz CT molecular complexity index is 535. The fourth-order valence-corrected chi connectivity index (χ4v) is 3.96. The molecule has 0 unspecified atom stereocenters. The van der Waals surface area contributed by atoms with E-state index in [-0.39, 0.29) is 6.42 Å². The van der Waals surface area contributed by atoms with Crippen LogP contribution in [0, 0.1) is 0 Å². The Morgan fingerprint density at radius 1 is 0.759 bits per heavy atom. The second-order valence-electron chi connectivity index (χ2n) is 7.91. The minimum atomic E-state index is -4.46. The Morgan fingerprint density at radius 3 is 1.48 bits per heavy atom. The third-order valence-corrected chi connectivity index (χ3v) is 5.77. The molecule has 172 valence electrons. The predicted octanol–water partition coefficient (Wildman–Crippen LogP) is 4.71. The highest BCUT2D eigenvalue weighted by Gasteiger charge is 2.25. The molecule has 8 heteroatoms. The van der Waals surface area contributed by atoms with Crippen molar-refractivity contribution in [3.05, 3.63) is 0 Å². The summed E-state index contributed by atoms with van der Waals surface area (Å²) in [5.74, 6) is -3.00. The van der Waals surface area contributed by atoms with Crippen LogP contribution in [0.2, 0.25) is 0 Å². The van der Waals surface area contributed by atoms with Gasteiger partial charge in [-0.15, -0.1) is 0 Å². The monoisotopic (exact) mass is 435 g/mol. The zero-order chi connectivity index (χ0) is 22.0. The van der Waals surface area contributed by atoms with Crippen molar-refractivity contribution in [2.45, 2.75) is 116 Å². The van der Waals surface area contributed by atoms with Crippen molar-refractivity contribution in [3.63, 3.8) is 0 Å². The maximum atomic E-state index is 11.7. The lowest BCUT2D eigenvalue weighted by atomic mass is 10.0. The topological polar surface area (TPSA) is 121 Å². The van der Waals surface area contributed by atoms with E-state index in [9.17, 15) is 18.0 Å². The maximum Gasteiger partial charge on any atom is 0.327 e. The molecule has 1 atom stereocenters. The molecule has 0 aliphatic carbocycles. The molecule has 1 amide bonds. The first-order valence-corrected chi connectivity index (χ1v) is 12.8. The average molecular weight is 436 g/mol. The number of nitrogens with one attached hydrogen (secondary N) is 1. The lowest BCUT2D eigenvalue weighted by molar-refractivity contribution is -0.141. The predicted molar refractivity (Wildman–Crippen MR) is 116 cm³/mol. The molecule has 7 nitrogen and oxygen atoms in total. The van der Waals surface area contributed by atoms with Crippen molar-refractivity contribution >= 4 is 22.0 Å². The first-order valence-electron chi connectivity index (χ1n) is 11.2. The zero-order valence-electron chi connectivity index (χ0n) is 18.0. The molecular formula is C21H41NO6S. The molecule has 0 radical (unpaired) electrons. The van der Waals surface area contributed by atoms with E-state index in [0.717, 1.165) is 19.3 Å². The van der Waals surface area contributed by atoms with Gasteiger partial charge in [0.15, 0.2) is 0 Å². The lowest BCUT2D eigenvalue weighted by Gasteiger charge is -2.12. The highest BCUT2D eigenvalue weighted by molar-refractivity contribution is 7.85.